The highest BCUT2D eigenvalue weighted by Gasteiger charge is 2.16. The fourth-order valence-corrected chi connectivity index (χ4v) is 2.19. The van der Waals surface area contributed by atoms with Gasteiger partial charge in [0.1, 0.15) is 22.2 Å². The van der Waals surface area contributed by atoms with Crippen molar-refractivity contribution in [2.75, 3.05) is 5.32 Å². The molecule has 0 atom stereocenters. The van der Waals surface area contributed by atoms with E-state index >= 15 is 0 Å². The fraction of sp³-hybridized carbons (Fsp3) is 0. The molecule has 2 N–H and O–H groups in total. The highest BCUT2D eigenvalue weighted by Crippen LogP contribution is 2.11. The quantitative estimate of drug-likeness (QED) is 0.651. The molecule has 6 nitrogen and oxygen atoms in total. The molecule has 3 rings (SSSR count). The van der Waals surface area contributed by atoms with Crippen molar-refractivity contribution in [3.63, 3.8) is 0 Å². The van der Waals surface area contributed by atoms with Crippen LogP contribution in [-0.4, -0.2) is 21.0 Å². The Morgan fingerprint density at radius 3 is 2.75 bits per heavy atom. The summed E-state index contributed by atoms with van der Waals surface area (Å²) in [6, 6.07) is 5.19. The number of nitrogens with zero attached hydrogens (tertiary/aromatic N) is 3. The maximum atomic E-state index is 12.1. The average Bonchev–Trinajstić information content (AvgIpc) is 2.84. The van der Waals surface area contributed by atoms with Crippen LogP contribution in [0, 0.1) is 0 Å². The molecule has 0 spiro atoms. The molecule has 0 saturated heterocycles. The minimum Gasteiger partial charge on any atom is -0.305 e. The molecule has 8 heteroatoms. The van der Waals surface area contributed by atoms with Gasteiger partial charge >= 0.3 is 5.65 Å². The van der Waals surface area contributed by atoms with E-state index < -0.39 is 0 Å². The van der Waals surface area contributed by atoms with E-state index in [2.05, 4.69) is 52.2 Å². The molecule has 0 saturated carbocycles. The molecule has 0 fully saturated rings. The number of carbonyl (C=O) groups is 1. The van der Waals surface area contributed by atoms with Crippen LogP contribution >= 0.6 is 31.9 Å². The third kappa shape index (κ3) is 2.70. The van der Waals surface area contributed by atoms with Crippen LogP contribution in [0.2, 0.25) is 0 Å². The van der Waals surface area contributed by atoms with Gasteiger partial charge in [-0.25, -0.2) is 10.1 Å². The van der Waals surface area contributed by atoms with Crippen LogP contribution in [0.5, 0.6) is 0 Å². The Kier molecular flexibility index (Phi) is 3.49. The summed E-state index contributed by atoms with van der Waals surface area (Å²) in [5.74, 6) is 0.206. The number of pyridine rings is 1. The molecule has 0 aromatic carbocycles. The Morgan fingerprint density at radius 1 is 1.20 bits per heavy atom. The molecular formula is C12H8Br2N5O+. The van der Waals surface area contributed by atoms with Crippen LogP contribution in [0.15, 0.2) is 45.7 Å². The second-order valence-electron chi connectivity index (χ2n) is 3.99. The van der Waals surface area contributed by atoms with Gasteiger partial charge in [-0.05, 0) is 49.0 Å². The van der Waals surface area contributed by atoms with Gasteiger partial charge in [0.05, 0.1) is 6.07 Å². The van der Waals surface area contributed by atoms with E-state index in [4.69, 9.17) is 0 Å². The summed E-state index contributed by atoms with van der Waals surface area (Å²) in [7, 11) is 0. The number of fused-ring (bicyclic) bond motifs is 1. The molecule has 100 valence electrons. The van der Waals surface area contributed by atoms with E-state index in [9.17, 15) is 4.79 Å². The lowest BCUT2D eigenvalue weighted by Gasteiger charge is -2.01. The summed E-state index contributed by atoms with van der Waals surface area (Å²) in [6.45, 7) is 0. The molecule has 1 amide bonds. The molecule has 3 aromatic heterocycles. The normalized spacial score (nSPS) is 10.7. The topological polar surface area (TPSA) is 74.8 Å². The number of amides is 1. The molecular weight excluding hydrogens is 390 g/mol. The van der Waals surface area contributed by atoms with Gasteiger partial charge < -0.3 is 5.32 Å². The number of halogens is 2. The number of anilines is 1. The van der Waals surface area contributed by atoms with E-state index in [0.29, 0.717) is 17.2 Å². The summed E-state index contributed by atoms with van der Waals surface area (Å²) in [5.41, 5.74) is 1.06. The first kappa shape index (κ1) is 13.2. The molecule has 20 heavy (non-hydrogen) atoms. The van der Waals surface area contributed by atoms with E-state index in [1.807, 2.05) is 0 Å². The molecule has 0 aliphatic rings. The smallest absolute Gasteiger partial charge is 0.305 e. The van der Waals surface area contributed by atoms with Crippen molar-refractivity contribution in [3.8, 4) is 0 Å². The van der Waals surface area contributed by atoms with Gasteiger partial charge in [0.15, 0.2) is 6.20 Å². The lowest BCUT2D eigenvalue weighted by Crippen LogP contribution is -2.25. The number of hydrogen-bond acceptors (Lipinski definition) is 3. The number of hydrogen-bond donors (Lipinski definition) is 2. The van der Waals surface area contributed by atoms with Crippen LogP contribution in [0.3, 0.4) is 0 Å². The maximum Gasteiger partial charge on any atom is 0.348 e. The number of H-pyrrole nitrogens is 1. The highest BCUT2D eigenvalue weighted by molar-refractivity contribution is 9.10. The van der Waals surface area contributed by atoms with Gasteiger partial charge in [0.2, 0.25) is 0 Å². The summed E-state index contributed by atoms with van der Waals surface area (Å²) < 4.78 is 3.33. The first-order chi connectivity index (χ1) is 9.61. The van der Waals surface area contributed by atoms with Gasteiger partial charge in [-0.3, -0.25) is 4.79 Å². The van der Waals surface area contributed by atoms with Gasteiger partial charge in [0.25, 0.3) is 5.91 Å². The predicted molar refractivity (Wildman–Crippen MR) is 79.3 cm³/mol. The Balaban J connectivity index is 1.86. The third-order valence-corrected chi connectivity index (χ3v) is 3.43. The van der Waals surface area contributed by atoms with Crippen molar-refractivity contribution >= 4 is 49.2 Å². The van der Waals surface area contributed by atoms with Gasteiger partial charge in [0, 0.05) is 10.7 Å². The monoisotopic (exact) mass is 396 g/mol. The zero-order chi connectivity index (χ0) is 14.1. The zero-order valence-corrected chi connectivity index (χ0v) is 13.1. The molecule has 3 aromatic rings. The van der Waals surface area contributed by atoms with Gasteiger partial charge in [-0.1, -0.05) is 0 Å². The van der Waals surface area contributed by atoms with Crippen molar-refractivity contribution < 1.29 is 9.31 Å². The molecule has 0 unspecified atom stereocenters. The Bertz CT molecular complexity index is 784. The lowest BCUT2D eigenvalue weighted by atomic mass is 10.4. The fourth-order valence-electron chi connectivity index (χ4n) is 1.65. The Hall–Kier alpha value is -1.80. The van der Waals surface area contributed by atoms with E-state index in [-0.39, 0.29) is 5.91 Å². The summed E-state index contributed by atoms with van der Waals surface area (Å²) in [6.07, 6.45) is 5.08. The summed E-state index contributed by atoms with van der Waals surface area (Å²) in [4.78, 5) is 20.4. The SMILES string of the molecule is O=C(Nc1ccc(Br)cn1)c1cc2ncc(Br)c[n+]2[nH]1. The van der Waals surface area contributed by atoms with Crippen LogP contribution in [-0.2, 0) is 0 Å². The number of rotatable bonds is 2. The lowest BCUT2D eigenvalue weighted by molar-refractivity contribution is -0.579. The average molecular weight is 398 g/mol. The van der Waals surface area contributed by atoms with E-state index in [1.54, 1.807) is 41.3 Å². The maximum absolute atomic E-state index is 12.1. The first-order valence-corrected chi connectivity index (χ1v) is 7.19. The predicted octanol–water partition coefficient (Wildman–Crippen LogP) is 2.32. The van der Waals surface area contributed by atoms with Crippen molar-refractivity contribution in [3.05, 3.63) is 51.4 Å². The van der Waals surface area contributed by atoms with Crippen molar-refractivity contribution in [2.24, 2.45) is 0 Å². The van der Waals surface area contributed by atoms with Crippen LogP contribution < -0.4 is 9.83 Å². The van der Waals surface area contributed by atoms with Crippen LogP contribution in [0.4, 0.5) is 5.82 Å². The van der Waals surface area contributed by atoms with Gasteiger partial charge in [-0.2, -0.15) is 0 Å². The molecule has 3 heterocycles. The Labute approximate surface area is 130 Å². The summed E-state index contributed by atoms with van der Waals surface area (Å²) in [5, 5.41) is 5.65. The number of carbonyl (C=O) groups excluding carboxylic acids is 1. The van der Waals surface area contributed by atoms with Crippen molar-refractivity contribution in [1.82, 2.24) is 15.1 Å². The third-order valence-electron chi connectivity index (χ3n) is 2.55. The van der Waals surface area contributed by atoms with Crippen molar-refractivity contribution in [1.29, 1.82) is 0 Å². The van der Waals surface area contributed by atoms with Crippen molar-refractivity contribution in [2.45, 2.75) is 0 Å². The summed E-state index contributed by atoms with van der Waals surface area (Å²) >= 11 is 6.61. The molecule has 0 aliphatic heterocycles. The highest BCUT2D eigenvalue weighted by atomic mass is 79.9. The van der Waals surface area contributed by atoms with E-state index in [1.165, 1.54) is 0 Å². The number of aromatic amines is 1. The second-order valence-corrected chi connectivity index (χ2v) is 5.82. The Morgan fingerprint density at radius 2 is 2.00 bits per heavy atom. The molecule has 0 aliphatic carbocycles. The first-order valence-electron chi connectivity index (χ1n) is 5.61. The van der Waals surface area contributed by atoms with Gasteiger partial charge in [-0.15, -0.1) is 4.52 Å². The number of aromatic nitrogens is 4. The van der Waals surface area contributed by atoms with E-state index in [0.717, 1.165) is 8.95 Å². The minimum absolute atomic E-state index is 0.276. The molecule has 0 bridgehead atoms. The van der Waals surface area contributed by atoms with Crippen LogP contribution in [0.25, 0.3) is 5.65 Å². The standard InChI is InChI=1S/C12H7Br2N5O/c13-7-1-2-10(15-4-7)17-12(20)9-3-11-16-5-8(14)6-19(11)18-9/h1-6H,(H,15,17,20)/p+1. The largest absolute Gasteiger partial charge is 0.348 e. The molecule has 0 radical (unpaired) electrons. The number of nitrogens with one attached hydrogen (secondary N) is 2. The zero-order valence-electron chi connectivity index (χ0n) is 9.97. The second kappa shape index (κ2) is 5.29. The van der Waals surface area contributed by atoms with Crippen LogP contribution in [0.1, 0.15) is 10.5 Å². The minimum atomic E-state index is -0.276.